The summed E-state index contributed by atoms with van der Waals surface area (Å²) in [7, 11) is 4.76. The molecular weight excluding hydrogens is 274 g/mol. The summed E-state index contributed by atoms with van der Waals surface area (Å²) in [5.74, 6) is 1.77. The smallest absolute Gasteiger partial charge is 0.203 e. The number of aliphatic imine (C=N–C) groups is 1. The Morgan fingerprint density at radius 1 is 1.05 bits per heavy atom. The van der Waals surface area contributed by atoms with Gasteiger partial charge in [0.05, 0.1) is 27.0 Å². The Balaban J connectivity index is 2.37. The number of nitrogens with zero attached hydrogens (tertiary/aromatic N) is 1. The van der Waals surface area contributed by atoms with Crippen molar-refractivity contribution in [1.29, 1.82) is 0 Å². The lowest BCUT2D eigenvalue weighted by atomic mass is 10.2. The summed E-state index contributed by atoms with van der Waals surface area (Å²) in [4.78, 5) is 5.61. The SMILES string of the molecule is COc1cc(N=Cc2sccc2C)cc(OC)c1OC. The van der Waals surface area contributed by atoms with Gasteiger partial charge in [-0.05, 0) is 23.9 Å². The van der Waals surface area contributed by atoms with Gasteiger partial charge in [0.15, 0.2) is 11.5 Å². The van der Waals surface area contributed by atoms with Crippen LogP contribution in [0, 0.1) is 6.92 Å². The molecule has 0 saturated carbocycles. The second-order valence-corrected chi connectivity index (χ2v) is 5.06. The third kappa shape index (κ3) is 2.93. The van der Waals surface area contributed by atoms with Crippen molar-refractivity contribution in [2.24, 2.45) is 4.99 Å². The monoisotopic (exact) mass is 291 g/mol. The summed E-state index contributed by atoms with van der Waals surface area (Å²) in [6, 6.07) is 5.71. The average Bonchev–Trinajstić information content (AvgIpc) is 2.89. The molecule has 0 unspecified atom stereocenters. The summed E-state index contributed by atoms with van der Waals surface area (Å²) >= 11 is 1.66. The number of rotatable bonds is 5. The van der Waals surface area contributed by atoms with E-state index in [2.05, 4.69) is 18.0 Å². The van der Waals surface area contributed by atoms with Crippen LogP contribution in [0.4, 0.5) is 5.69 Å². The highest BCUT2D eigenvalue weighted by Gasteiger charge is 2.12. The number of ether oxygens (including phenoxy) is 3. The topological polar surface area (TPSA) is 40.0 Å². The molecule has 1 aromatic carbocycles. The molecule has 2 rings (SSSR count). The van der Waals surface area contributed by atoms with Crippen molar-refractivity contribution < 1.29 is 14.2 Å². The third-order valence-corrected chi connectivity index (χ3v) is 3.84. The maximum absolute atomic E-state index is 5.30. The van der Waals surface area contributed by atoms with Crippen LogP contribution in [0.5, 0.6) is 17.2 Å². The molecule has 2 aromatic rings. The average molecular weight is 291 g/mol. The Bertz CT molecular complexity index is 594. The van der Waals surface area contributed by atoms with E-state index < -0.39 is 0 Å². The number of methoxy groups -OCH3 is 3. The molecule has 20 heavy (non-hydrogen) atoms. The van der Waals surface area contributed by atoms with Gasteiger partial charge in [0.2, 0.25) is 5.75 Å². The first-order chi connectivity index (χ1) is 9.69. The molecule has 0 radical (unpaired) electrons. The summed E-state index contributed by atoms with van der Waals surface area (Å²) < 4.78 is 15.9. The van der Waals surface area contributed by atoms with E-state index in [1.54, 1.807) is 32.7 Å². The summed E-state index contributed by atoms with van der Waals surface area (Å²) in [5.41, 5.74) is 1.97. The predicted octanol–water partition coefficient (Wildman–Crippen LogP) is 3.83. The summed E-state index contributed by atoms with van der Waals surface area (Å²) in [6.07, 6.45) is 1.85. The molecule has 0 spiro atoms. The molecule has 0 bridgehead atoms. The maximum Gasteiger partial charge on any atom is 0.203 e. The minimum absolute atomic E-state index is 0.571. The van der Waals surface area contributed by atoms with Gasteiger partial charge in [-0.1, -0.05) is 0 Å². The van der Waals surface area contributed by atoms with Gasteiger partial charge < -0.3 is 14.2 Å². The van der Waals surface area contributed by atoms with Crippen LogP contribution in [-0.2, 0) is 0 Å². The van der Waals surface area contributed by atoms with Gasteiger partial charge in [-0.3, -0.25) is 4.99 Å². The number of thiophene rings is 1. The molecule has 4 nitrogen and oxygen atoms in total. The number of hydrogen-bond donors (Lipinski definition) is 0. The maximum atomic E-state index is 5.30. The van der Waals surface area contributed by atoms with E-state index in [1.807, 2.05) is 23.7 Å². The first-order valence-electron chi connectivity index (χ1n) is 6.07. The molecule has 0 aliphatic carbocycles. The van der Waals surface area contributed by atoms with Crippen molar-refractivity contribution in [2.45, 2.75) is 6.92 Å². The van der Waals surface area contributed by atoms with E-state index in [9.17, 15) is 0 Å². The van der Waals surface area contributed by atoms with Gasteiger partial charge in [-0.15, -0.1) is 11.3 Å². The lowest BCUT2D eigenvalue weighted by molar-refractivity contribution is 0.324. The second kappa shape index (κ2) is 6.43. The van der Waals surface area contributed by atoms with E-state index in [4.69, 9.17) is 14.2 Å². The van der Waals surface area contributed by atoms with Gasteiger partial charge in [-0.2, -0.15) is 0 Å². The van der Waals surface area contributed by atoms with Crippen LogP contribution in [0.3, 0.4) is 0 Å². The second-order valence-electron chi connectivity index (χ2n) is 4.11. The summed E-state index contributed by atoms with van der Waals surface area (Å²) in [5, 5.41) is 2.05. The molecule has 0 saturated heterocycles. The first kappa shape index (κ1) is 14.4. The van der Waals surface area contributed by atoms with Crippen LogP contribution in [0.2, 0.25) is 0 Å². The molecule has 5 heteroatoms. The van der Waals surface area contributed by atoms with Crippen molar-refractivity contribution in [2.75, 3.05) is 21.3 Å². The van der Waals surface area contributed by atoms with Gasteiger partial charge >= 0.3 is 0 Å². The molecule has 0 fully saturated rings. The predicted molar refractivity (Wildman–Crippen MR) is 82.4 cm³/mol. The molecular formula is C15H17NO3S. The largest absolute Gasteiger partial charge is 0.493 e. The van der Waals surface area contributed by atoms with Crippen molar-refractivity contribution in [3.63, 3.8) is 0 Å². The normalized spacial score (nSPS) is 10.8. The van der Waals surface area contributed by atoms with Crippen molar-refractivity contribution >= 4 is 23.2 Å². The first-order valence-corrected chi connectivity index (χ1v) is 6.95. The highest BCUT2D eigenvalue weighted by molar-refractivity contribution is 7.11. The Labute approximate surface area is 122 Å². The van der Waals surface area contributed by atoms with Crippen LogP contribution in [0.15, 0.2) is 28.6 Å². The van der Waals surface area contributed by atoms with E-state index in [0.29, 0.717) is 17.2 Å². The zero-order valence-corrected chi connectivity index (χ0v) is 12.8. The van der Waals surface area contributed by atoms with Crippen LogP contribution in [0.25, 0.3) is 0 Å². The highest BCUT2D eigenvalue weighted by atomic mass is 32.1. The van der Waals surface area contributed by atoms with Crippen molar-refractivity contribution in [3.05, 3.63) is 34.0 Å². The molecule has 0 aliphatic rings. The quantitative estimate of drug-likeness (QED) is 0.786. The van der Waals surface area contributed by atoms with E-state index >= 15 is 0 Å². The van der Waals surface area contributed by atoms with E-state index in [-0.39, 0.29) is 0 Å². The summed E-state index contributed by atoms with van der Waals surface area (Å²) in [6.45, 7) is 2.06. The highest BCUT2D eigenvalue weighted by Crippen LogP contribution is 2.40. The van der Waals surface area contributed by atoms with Gasteiger partial charge in [0, 0.05) is 23.2 Å². The lowest BCUT2D eigenvalue weighted by Crippen LogP contribution is -1.94. The van der Waals surface area contributed by atoms with E-state index in [1.165, 1.54) is 5.56 Å². The van der Waals surface area contributed by atoms with Crippen LogP contribution >= 0.6 is 11.3 Å². The van der Waals surface area contributed by atoms with Gasteiger partial charge in [0.1, 0.15) is 0 Å². The molecule has 0 N–H and O–H groups in total. The Hall–Kier alpha value is -2.01. The molecule has 0 aliphatic heterocycles. The standard InChI is InChI=1S/C15H17NO3S/c1-10-5-6-20-14(10)9-16-11-7-12(17-2)15(19-4)13(8-11)18-3/h5-9H,1-4H3. The van der Waals surface area contributed by atoms with Crippen molar-refractivity contribution in [1.82, 2.24) is 0 Å². The van der Waals surface area contributed by atoms with E-state index in [0.717, 1.165) is 10.6 Å². The number of hydrogen-bond acceptors (Lipinski definition) is 5. The fourth-order valence-electron chi connectivity index (χ4n) is 1.79. The van der Waals surface area contributed by atoms with Crippen LogP contribution < -0.4 is 14.2 Å². The Morgan fingerprint density at radius 3 is 2.15 bits per heavy atom. The Morgan fingerprint density at radius 2 is 1.70 bits per heavy atom. The van der Waals surface area contributed by atoms with Gasteiger partial charge in [-0.25, -0.2) is 0 Å². The third-order valence-electron chi connectivity index (χ3n) is 2.88. The lowest BCUT2D eigenvalue weighted by Gasteiger charge is -2.12. The number of benzene rings is 1. The molecule has 1 aromatic heterocycles. The number of aryl methyl sites for hydroxylation is 1. The van der Waals surface area contributed by atoms with Crippen LogP contribution in [0.1, 0.15) is 10.4 Å². The zero-order valence-electron chi connectivity index (χ0n) is 12.0. The van der Waals surface area contributed by atoms with Crippen molar-refractivity contribution in [3.8, 4) is 17.2 Å². The minimum atomic E-state index is 0.571. The van der Waals surface area contributed by atoms with Gasteiger partial charge in [0.25, 0.3) is 0 Å². The molecule has 106 valence electrons. The fourth-order valence-corrected chi connectivity index (χ4v) is 2.58. The molecule has 0 atom stereocenters. The van der Waals surface area contributed by atoms with Crippen LogP contribution in [-0.4, -0.2) is 27.5 Å². The fraction of sp³-hybridized carbons (Fsp3) is 0.267. The minimum Gasteiger partial charge on any atom is -0.493 e. The Kier molecular flexibility index (Phi) is 4.63. The molecule has 1 heterocycles. The zero-order chi connectivity index (χ0) is 14.5. The molecule has 0 amide bonds.